The number of carbonyl (C=O) groups excluding carboxylic acids is 4. The molecule has 0 radical (unpaired) electrons. The maximum absolute atomic E-state index is 14.0. The maximum Gasteiger partial charge on any atom is 0.407 e. The van der Waals surface area contributed by atoms with E-state index in [2.05, 4.69) is 81.6 Å². The summed E-state index contributed by atoms with van der Waals surface area (Å²) in [4.78, 5) is 69.9. The largest absolute Gasteiger partial charge is 0.469 e. The Labute approximate surface area is 367 Å². The number of likely N-dealkylation sites (tertiary alicyclic amines) is 2. The van der Waals surface area contributed by atoms with Gasteiger partial charge in [-0.15, -0.1) is 0 Å². The van der Waals surface area contributed by atoms with Gasteiger partial charge in [0.15, 0.2) is 5.78 Å². The van der Waals surface area contributed by atoms with Crippen molar-refractivity contribution in [1.82, 2.24) is 25.1 Å². The van der Waals surface area contributed by atoms with E-state index >= 15 is 0 Å². The predicted octanol–water partition coefficient (Wildman–Crippen LogP) is 7.81. The van der Waals surface area contributed by atoms with E-state index in [1.807, 2.05) is 38.7 Å². The molecule has 2 aliphatic carbocycles. The summed E-state index contributed by atoms with van der Waals surface area (Å²) in [6, 6.07) is 20.9. The highest BCUT2D eigenvalue weighted by molar-refractivity contribution is 6.06. The smallest absolute Gasteiger partial charge is 0.407 e. The Morgan fingerprint density at radius 3 is 2.21 bits per heavy atom. The normalized spacial score (nSPS) is 24.1. The SMILES string of the molecule is COC(=O)C[C@H](C(=O)N1[C@@H]2C[C@@H]2C[C@H]1c1nc2c(ccc3cc(C#Cc4ccc5c6c(ccc5c4)N=C([C@@H]4C[C@H]5C[C@H]5N4CC(=O)[C@@H](NC(=O)OC)C(C)C)C6)ccc32)[nH]1)C(C)C. The Kier molecular flexibility index (Phi) is 10.4. The molecule has 2 amide bonds. The van der Waals surface area contributed by atoms with Gasteiger partial charge in [0.25, 0.3) is 0 Å². The molecule has 2 N–H and O–H groups in total. The van der Waals surface area contributed by atoms with Crippen molar-refractivity contribution < 1.29 is 28.7 Å². The average Bonchev–Trinajstić information content (AvgIpc) is 3.95. The van der Waals surface area contributed by atoms with Gasteiger partial charge in [0.2, 0.25) is 5.91 Å². The van der Waals surface area contributed by atoms with E-state index in [4.69, 9.17) is 19.5 Å². The number of rotatable bonds is 11. The van der Waals surface area contributed by atoms with Gasteiger partial charge in [-0.3, -0.25) is 24.3 Å². The summed E-state index contributed by atoms with van der Waals surface area (Å²) in [5.74, 6) is 7.81. The number of amides is 2. The van der Waals surface area contributed by atoms with Gasteiger partial charge < -0.3 is 24.7 Å². The Balaban J connectivity index is 0.841. The lowest BCUT2D eigenvalue weighted by atomic mass is 9.90. The number of Topliss-reactive ketones (excluding diaryl/α,β-unsaturated/α-hetero) is 1. The van der Waals surface area contributed by atoms with Crippen LogP contribution in [0.3, 0.4) is 0 Å². The molecule has 324 valence electrons. The number of esters is 1. The van der Waals surface area contributed by atoms with Gasteiger partial charge in [-0.25, -0.2) is 9.78 Å². The highest BCUT2D eigenvalue weighted by Gasteiger charge is 2.56. The molecule has 12 heteroatoms. The number of ketones is 1. The maximum atomic E-state index is 14.0. The fourth-order valence-corrected chi connectivity index (χ4v) is 10.8. The van der Waals surface area contributed by atoms with Crippen molar-refractivity contribution in [2.75, 3.05) is 20.8 Å². The van der Waals surface area contributed by atoms with E-state index in [-0.39, 0.29) is 60.6 Å². The lowest BCUT2D eigenvalue weighted by molar-refractivity contribution is -0.149. The Morgan fingerprint density at radius 1 is 0.810 bits per heavy atom. The topological polar surface area (TPSA) is 146 Å². The van der Waals surface area contributed by atoms with Crippen LogP contribution in [0, 0.1) is 41.4 Å². The van der Waals surface area contributed by atoms with Crippen LogP contribution in [0.4, 0.5) is 10.5 Å². The van der Waals surface area contributed by atoms with Gasteiger partial charge in [0.1, 0.15) is 5.82 Å². The predicted molar refractivity (Wildman–Crippen MR) is 242 cm³/mol. The molecule has 4 aromatic carbocycles. The number of imidazole rings is 1. The quantitative estimate of drug-likeness (QED) is 0.101. The molecule has 4 fully saturated rings. The molecule has 1 aromatic heterocycles. The van der Waals surface area contributed by atoms with E-state index < -0.39 is 18.1 Å². The van der Waals surface area contributed by atoms with Crippen LogP contribution >= 0.6 is 0 Å². The molecule has 5 aliphatic rings. The second-order valence-corrected chi connectivity index (χ2v) is 19.1. The van der Waals surface area contributed by atoms with Crippen molar-refractivity contribution >= 4 is 67.7 Å². The number of aromatic amines is 1. The van der Waals surface area contributed by atoms with Crippen LogP contribution in [-0.2, 0) is 30.3 Å². The van der Waals surface area contributed by atoms with Crippen LogP contribution in [0.15, 0.2) is 65.7 Å². The Hall–Kier alpha value is -6.06. The van der Waals surface area contributed by atoms with Crippen molar-refractivity contribution in [3.63, 3.8) is 0 Å². The molecule has 10 rings (SSSR count). The molecule has 5 aromatic rings. The molecular formula is C51H54N6O6. The number of methoxy groups -OCH3 is 2. The van der Waals surface area contributed by atoms with Crippen molar-refractivity contribution in [1.29, 1.82) is 0 Å². The first kappa shape index (κ1) is 41.0. The first-order valence-electron chi connectivity index (χ1n) is 22.5. The number of aliphatic imine (C=N–C) groups is 1. The minimum atomic E-state index is -0.604. The summed E-state index contributed by atoms with van der Waals surface area (Å²) in [6.45, 7) is 8.14. The number of carbonyl (C=O) groups is 4. The van der Waals surface area contributed by atoms with Crippen LogP contribution in [-0.4, -0.2) is 94.2 Å². The third-order valence-corrected chi connectivity index (χ3v) is 14.4. The highest BCUT2D eigenvalue weighted by atomic mass is 16.5. The van der Waals surface area contributed by atoms with Gasteiger partial charge in [-0.2, -0.15) is 0 Å². The van der Waals surface area contributed by atoms with E-state index in [1.165, 1.54) is 25.2 Å². The van der Waals surface area contributed by atoms with Gasteiger partial charge in [-0.05, 0) is 107 Å². The molecule has 63 heavy (non-hydrogen) atoms. The number of hydrogen-bond acceptors (Lipinski definition) is 9. The second kappa shape index (κ2) is 15.9. The summed E-state index contributed by atoms with van der Waals surface area (Å²) in [5, 5.41) is 7.09. The first-order valence-corrected chi connectivity index (χ1v) is 22.5. The van der Waals surface area contributed by atoms with Gasteiger partial charge >= 0.3 is 12.1 Å². The number of fused-ring (bicyclic) bond motifs is 8. The number of nitrogens with one attached hydrogen (secondary N) is 2. The zero-order valence-electron chi connectivity index (χ0n) is 36.7. The van der Waals surface area contributed by atoms with Crippen LogP contribution < -0.4 is 5.32 Å². The summed E-state index contributed by atoms with van der Waals surface area (Å²) >= 11 is 0. The molecule has 2 saturated heterocycles. The zero-order valence-corrected chi connectivity index (χ0v) is 36.7. The average molecular weight is 847 g/mol. The number of H-pyrrole nitrogens is 1. The van der Waals surface area contributed by atoms with Crippen LogP contribution in [0.2, 0.25) is 0 Å². The molecule has 8 atom stereocenters. The Bertz CT molecular complexity index is 2810. The third-order valence-electron chi connectivity index (χ3n) is 14.4. The van der Waals surface area contributed by atoms with Crippen LogP contribution in [0.5, 0.6) is 0 Å². The third kappa shape index (κ3) is 7.54. The van der Waals surface area contributed by atoms with Crippen molar-refractivity contribution in [2.45, 2.75) is 96.4 Å². The number of nitrogens with zero attached hydrogens (tertiary/aromatic N) is 4. The monoisotopic (exact) mass is 846 g/mol. The molecule has 0 bridgehead atoms. The number of ether oxygens (including phenoxy) is 2. The van der Waals surface area contributed by atoms with Crippen LogP contribution in [0.1, 0.15) is 88.4 Å². The fourth-order valence-electron chi connectivity index (χ4n) is 10.8. The van der Waals surface area contributed by atoms with E-state index in [0.29, 0.717) is 17.9 Å². The highest BCUT2D eigenvalue weighted by Crippen LogP contribution is 2.54. The fraction of sp³-hybridized carbons (Fsp3) is 0.451. The standard InChI is InChI=1S/C51H54N6O6/c1-26(2)36(24-46(59)62-5)50(60)57-42-20-33(42)22-44(57)49-53-39-16-12-31-18-29(10-14-35(31)48(39)54-49)8-7-28-9-13-34-30(17-28)11-15-38-37(34)23-40(52-38)43-21-32-19-41(32)56(43)25-45(58)47(27(3)4)55-51(61)63-6/h9-18,26-27,32-33,36,41-44,47H,19-25H2,1-6H3,(H,53,54)(H,55,61)/t32-,33-,36+,41-,42-,43+,44+,47+/m1/s1. The zero-order chi connectivity index (χ0) is 43.8. The summed E-state index contributed by atoms with van der Waals surface area (Å²) < 4.78 is 9.74. The molecule has 3 aliphatic heterocycles. The van der Waals surface area contributed by atoms with Crippen molar-refractivity contribution in [3.05, 3.63) is 83.2 Å². The molecule has 2 saturated carbocycles. The van der Waals surface area contributed by atoms with E-state index in [0.717, 1.165) is 87.6 Å². The molecule has 4 heterocycles. The van der Waals surface area contributed by atoms with E-state index in [1.54, 1.807) is 0 Å². The summed E-state index contributed by atoms with van der Waals surface area (Å²) in [7, 11) is 2.69. The van der Waals surface area contributed by atoms with Crippen LogP contribution in [0.25, 0.3) is 32.6 Å². The lowest BCUT2D eigenvalue weighted by Crippen LogP contribution is -2.50. The lowest BCUT2D eigenvalue weighted by Gasteiger charge is -2.31. The van der Waals surface area contributed by atoms with Crippen molar-refractivity contribution in [3.8, 4) is 11.8 Å². The first-order chi connectivity index (χ1) is 30.4. The van der Waals surface area contributed by atoms with Gasteiger partial charge in [0, 0.05) is 46.8 Å². The Morgan fingerprint density at radius 2 is 1.49 bits per heavy atom. The number of alkyl carbamates (subject to hydrolysis) is 1. The molecule has 12 nitrogen and oxygen atoms in total. The van der Waals surface area contributed by atoms with Gasteiger partial charge in [0.05, 0.1) is 61.9 Å². The number of benzene rings is 4. The van der Waals surface area contributed by atoms with Gasteiger partial charge in [-0.1, -0.05) is 63.8 Å². The molecule has 0 unspecified atom stereocenters. The summed E-state index contributed by atoms with van der Waals surface area (Å²) in [6.07, 6.45) is 4.21. The number of piperidine rings is 2. The van der Waals surface area contributed by atoms with Crippen molar-refractivity contribution in [2.24, 2.45) is 34.6 Å². The number of hydrogen-bond donors (Lipinski definition) is 2. The minimum Gasteiger partial charge on any atom is -0.469 e. The molecule has 0 spiro atoms. The molecular weight excluding hydrogens is 793 g/mol. The summed E-state index contributed by atoms with van der Waals surface area (Å²) in [5.41, 5.74) is 6.95. The van der Waals surface area contributed by atoms with E-state index in [9.17, 15) is 19.2 Å². The second-order valence-electron chi connectivity index (χ2n) is 19.1. The number of aromatic nitrogens is 2. The minimum absolute atomic E-state index is 0.00386.